The van der Waals surface area contributed by atoms with Crippen molar-refractivity contribution in [2.24, 2.45) is 0 Å². The Hall–Kier alpha value is -3.65. The van der Waals surface area contributed by atoms with Crippen LogP contribution in [0.25, 0.3) is 0 Å². The SMILES string of the molecule is O=C(OC(c1ccccc1)c1ccccc1)[C@H](Cc1ccccc1)c1ccccc1. The Morgan fingerprint density at radius 2 is 0.967 bits per heavy atom. The van der Waals surface area contributed by atoms with Gasteiger partial charge in [0.2, 0.25) is 0 Å². The molecule has 4 aromatic carbocycles. The first-order valence-electron chi connectivity index (χ1n) is 10.2. The Bertz CT molecular complexity index is 1010. The molecule has 0 saturated heterocycles. The van der Waals surface area contributed by atoms with Gasteiger partial charge in [0.15, 0.2) is 6.10 Å². The topological polar surface area (TPSA) is 26.3 Å². The van der Waals surface area contributed by atoms with Gasteiger partial charge in [-0.2, -0.15) is 0 Å². The second kappa shape index (κ2) is 9.71. The van der Waals surface area contributed by atoms with Crippen molar-refractivity contribution in [1.29, 1.82) is 0 Å². The van der Waals surface area contributed by atoms with Crippen molar-refractivity contribution in [2.75, 3.05) is 0 Å². The molecule has 2 heteroatoms. The summed E-state index contributed by atoms with van der Waals surface area (Å²) in [7, 11) is 0. The summed E-state index contributed by atoms with van der Waals surface area (Å²) in [4.78, 5) is 13.5. The molecule has 0 aliphatic heterocycles. The maximum Gasteiger partial charge on any atom is 0.314 e. The van der Waals surface area contributed by atoms with Gasteiger partial charge in [0, 0.05) is 0 Å². The fourth-order valence-electron chi connectivity index (χ4n) is 3.65. The molecule has 0 bridgehead atoms. The zero-order valence-electron chi connectivity index (χ0n) is 16.7. The number of hydrogen-bond donors (Lipinski definition) is 0. The van der Waals surface area contributed by atoms with Gasteiger partial charge in [0.05, 0.1) is 5.92 Å². The Balaban J connectivity index is 1.65. The lowest BCUT2D eigenvalue weighted by Crippen LogP contribution is -2.21. The average molecular weight is 392 g/mol. The molecule has 0 heterocycles. The summed E-state index contributed by atoms with van der Waals surface area (Å²) in [6.07, 6.45) is 0.155. The fraction of sp³-hybridized carbons (Fsp3) is 0.107. The fourth-order valence-corrected chi connectivity index (χ4v) is 3.65. The van der Waals surface area contributed by atoms with Gasteiger partial charge >= 0.3 is 5.97 Å². The van der Waals surface area contributed by atoms with Crippen molar-refractivity contribution in [3.63, 3.8) is 0 Å². The Labute approximate surface area is 177 Å². The molecule has 0 radical (unpaired) electrons. The molecule has 148 valence electrons. The van der Waals surface area contributed by atoms with Crippen molar-refractivity contribution < 1.29 is 9.53 Å². The minimum absolute atomic E-state index is 0.220. The third-order valence-corrected chi connectivity index (χ3v) is 5.21. The molecule has 0 aliphatic carbocycles. The van der Waals surface area contributed by atoms with E-state index in [1.54, 1.807) is 0 Å². The van der Waals surface area contributed by atoms with Crippen molar-refractivity contribution >= 4 is 5.97 Å². The summed E-state index contributed by atoms with van der Waals surface area (Å²) in [6, 6.07) is 39.8. The zero-order valence-corrected chi connectivity index (χ0v) is 16.7. The van der Waals surface area contributed by atoms with Crippen LogP contribution in [0.3, 0.4) is 0 Å². The maximum absolute atomic E-state index is 13.5. The molecule has 0 unspecified atom stereocenters. The lowest BCUT2D eigenvalue weighted by atomic mass is 9.91. The van der Waals surface area contributed by atoms with Gasteiger partial charge in [-0.25, -0.2) is 0 Å². The highest BCUT2D eigenvalue weighted by atomic mass is 16.5. The Morgan fingerprint density at radius 1 is 0.567 bits per heavy atom. The first-order chi connectivity index (χ1) is 14.8. The predicted octanol–water partition coefficient (Wildman–Crippen LogP) is 6.35. The summed E-state index contributed by atoms with van der Waals surface area (Å²) in [5, 5.41) is 0. The third-order valence-electron chi connectivity index (χ3n) is 5.21. The van der Waals surface area contributed by atoms with Crippen LogP contribution in [0.2, 0.25) is 0 Å². The van der Waals surface area contributed by atoms with E-state index in [0.717, 1.165) is 22.3 Å². The van der Waals surface area contributed by atoms with E-state index in [4.69, 9.17) is 4.74 Å². The molecule has 4 aromatic rings. The number of carbonyl (C=O) groups excluding carboxylic acids is 1. The molecule has 0 N–H and O–H groups in total. The zero-order chi connectivity index (χ0) is 20.6. The van der Waals surface area contributed by atoms with Crippen molar-refractivity contribution in [2.45, 2.75) is 18.4 Å². The van der Waals surface area contributed by atoms with Crippen LogP contribution in [0, 0.1) is 0 Å². The maximum atomic E-state index is 13.5. The number of benzene rings is 4. The van der Waals surface area contributed by atoms with Crippen LogP contribution >= 0.6 is 0 Å². The van der Waals surface area contributed by atoms with E-state index in [2.05, 4.69) is 12.1 Å². The van der Waals surface area contributed by atoms with Gasteiger partial charge in [-0.3, -0.25) is 4.79 Å². The summed E-state index contributed by atoms with van der Waals surface area (Å²) in [5.41, 5.74) is 4.00. The van der Waals surface area contributed by atoms with Crippen LogP contribution < -0.4 is 0 Å². The van der Waals surface area contributed by atoms with Crippen molar-refractivity contribution in [1.82, 2.24) is 0 Å². The number of rotatable bonds is 7. The van der Waals surface area contributed by atoms with E-state index in [1.807, 2.05) is 109 Å². The van der Waals surface area contributed by atoms with Crippen LogP contribution in [0.1, 0.15) is 34.3 Å². The van der Waals surface area contributed by atoms with E-state index in [1.165, 1.54) is 0 Å². The molecular formula is C28H24O2. The average Bonchev–Trinajstić information content (AvgIpc) is 2.83. The van der Waals surface area contributed by atoms with E-state index < -0.39 is 6.10 Å². The number of hydrogen-bond acceptors (Lipinski definition) is 2. The van der Waals surface area contributed by atoms with Crippen molar-refractivity contribution in [3.8, 4) is 0 Å². The third kappa shape index (κ3) is 4.84. The van der Waals surface area contributed by atoms with Crippen LogP contribution in [-0.2, 0) is 16.0 Å². The van der Waals surface area contributed by atoms with Crippen LogP contribution in [0.15, 0.2) is 121 Å². The second-order valence-electron chi connectivity index (χ2n) is 7.29. The van der Waals surface area contributed by atoms with Crippen LogP contribution in [-0.4, -0.2) is 5.97 Å². The number of carbonyl (C=O) groups is 1. The predicted molar refractivity (Wildman–Crippen MR) is 120 cm³/mol. The van der Waals surface area contributed by atoms with Gasteiger partial charge in [0.25, 0.3) is 0 Å². The van der Waals surface area contributed by atoms with E-state index in [-0.39, 0.29) is 11.9 Å². The molecule has 4 rings (SSSR count). The summed E-state index contributed by atoms with van der Waals surface area (Å²) in [6.45, 7) is 0. The Kier molecular flexibility index (Phi) is 6.36. The molecular weight excluding hydrogens is 368 g/mol. The molecule has 30 heavy (non-hydrogen) atoms. The van der Waals surface area contributed by atoms with Gasteiger partial charge in [0.1, 0.15) is 0 Å². The molecule has 0 aliphatic rings. The van der Waals surface area contributed by atoms with Gasteiger partial charge in [-0.05, 0) is 28.7 Å². The van der Waals surface area contributed by atoms with Gasteiger partial charge < -0.3 is 4.74 Å². The smallest absolute Gasteiger partial charge is 0.314 e. The van der Waals surface area contributed by atoms with Crippen LogP contribution in [0.4, 0.5) is 0 Å². The molecule has 0 spiro atoms. The van der Waals surface area contributed by atoms with Crippen LogP contribution in [0.5, 0.6) is 0 Å². The molecule has 1 atom stereocenters. The lowest BCUT2D eigenvalue weighted by Gasteiger charge is -2.23. The van der Waals surface area contributed by atoms with Gasteiger partial charge in [-0.15, -0.1) is 0 Å². The Morgan fingerprint density at radius 3 is 1.43 bits per heavy atom. The standard InChI is InChI=1S/C28H24O2/c29-28(26(23-15-7-2-8-16-23)21-22-13-5-1-6-14-22)30-27(24-17-9-3-10-18-24)25-19-11-4-12-20-25/h1-20,26-27H,21H2/t26-/m1/s1. The second-order valence-corrected chi connectivity index (χ2v) is 7.29. The monoisotopic (exact) mass is 392 g/mol. The first-order valence-corrected chi connectivity index (χ1v) is 10.2. The molecule has 0 saturated carbocycles. The quantitative estimate of drug-likeness (QED) is 0.343. The lowest BCUT2D eigenvalue weighted by molar-refractivity contribution is -0.149. The van der Waals surface area contributed by atoms with E-state index >= 15 is 0 Å². The molecule has 0 amide bonds. The molecule has 0 fully saturated rings. The number of ether oxygens (including phenoxy) is 1. The highest BCUT2D eigenvalue weighted by Crippen LogP contribution is 2.30. The molecule has 0 aromatic heterocycles. The largest absolute Gasteiger partial charge is 0.452 e. The summed E-state index contributed by atoms with van der Waals surface area (Å²) >= 11 is 0. The highest BCUT2D eigenvalue weighted by Gasteiger charge is 2.27. The van der Waals surface area contributed by atoms with E-state index in [9.17, 15) is 4.79 Å². The summed E-state index contributed by atoms with van der Waals surface area (Å²) in [5.74, 6) is -0.591. The van der Waals surface area contributed by atoms with Gasteiger partial charge in [-0.1, -0.05) is 121 Å². The summed E-state index contributed by atoms with van der Waals surface area (Å²) < 4.78 is 6.17. The number of esters is 1. The first kappa shape index (κ1) is 19.7. The van der Waals surface area contributed by atoms with Crippen molar-refractivity contribution in [3.05, 3.63) is 144 Å². The minimum Gasteiger partial charge on any atom is -0.452 e. The minimum atomic E-state index is -0.443. The highest BCUT2D eigenvalue weighted by molar-refractivity contribution is 5.79. The molecule has 2 nitrogen and oxygen atoms in total. The normalized spacial score (nSPS) is 11.8. The van der Waals surface area contributed by atoms with E-state index in [0.29, 0.717) is 6.42 Å².